The van der Waals surface area contributed by atoms with Crippen molar-refractivity contribution in [3.63, 3.8) is 0 Å². The van der Waals surface area contributed by atoms with Crippen molar-refractivity contribution >= 4 is 11.3 Å². The number of hydrogen-bond acceptors (Lipinski definition) is 4. The molecule has 2 rings (SSSR count). The van der Waals surface area contributed by atoms with Crippen molar-refractivity contribution in [2.75, 3.05) is 6.61 Å². The van der Waals surface area contributed by atoms with Crippen LogP contribution in [0.15, 0.2) is 35.2 Å². The third-order valence-electron chi connectivity index (χ3n) is 3.66. The van der Waals surface area contributed by atoms with E-state index < -0.39 is 11.9 Å². The molecule has 0 saturated heterocycles. The molecule has 0 aliphatic heterocycles. The van der Waals surface area contributed by atoms with Crippen molar-refractivity contribution in [1.29, 1.82) is 0 Å². The van der Waals surface area contributed by atoms with E-state index in [1.807, 2.05) is 23.8 Å². The smallest absolute Gasteiger partial charge is 0.395 e. The van der Waals surface area contributed by atoms with Crippen LogP contribution in [0.2, 0.25) is 0 Å². The molecule has 2 heterocycles. The summed E-state index contributed by atoms with van der Waals surface area (Å²) in [5.41, 5.74) is 0.932. The van der Waals surface area contributed by atoms with Crippen LogP contribution in [0.25, 0.3) is 0 Å². The van der Waals surface area contributed by atoms with Gasteiger partial charge in [-0.15, -0.1) is 0 Å². The maximum atomic E-state index is 12.6. The predicted octanol–water partition coefficient (Wildman–Crippen LogP) is 3.94. The highest BCUT2D eigenvalue weighted by Gasteiger charge is 2.32. The van der Waals surface area contributed by atoms with E-state index >= 15 is 0 Å². The molecule has 0 fully saturated rings. The molecule has 0 amide bonds. The zero-order valence-electron chi connectivity index (χ0n) is 12.8. The first kappa shape index (κ1) is 17.9. The lowest BCUT2D eigenvalue weighted by Crippen LogP contribution is -2.36. The van der Waals surface area contributed by atoms with Crippen LogP contribution in [-0.4, -0.2) is 27.6 Å². The predicted molar refractivity (Wildman–Crippen MR) is 84.0 cm³/mol. The first-order chi connectivity index (χ1) is 10.9. The molecule has 0 spiro atoms. The van der Waals surface area contributed by atoms with Gasteiger partial charge in [0.2, 0.25) is 0 Å². The fraction of sp³-hybridized carbons (Fsp3) is 0.438. The number of pyridine rings is 1. The van der Waals surface area contributed by atoms with E-state index in [1.54, 1.807) is 11.3 Å². The van der Waals surface area contributed by atoms with Gasteiger partial charge >= 0.3 is 6.18 Å². The number of aliphatic hydroxyl groups is 1. The maximum absolute atomic E-state index is 12.6. The lowest BCUT2D eigenvalue weighted by molar-refractivity contribution is -0.141. The molecule has 1 atom stereocenters. The first-order valence-corrected chi connectivity index (χ1v) is 8.26. The molecule has 23 heavy (non-hydrogen) atoms. The summed E-state index contributed by atoms with van der Waals surface area (Å²) in [4.78, 5) is 5.56. The largest absolute Gasteiger partial charge is 0.433 e. The van der Waals surface area contributed by atoms with Crippen molar-refractivity contribution < 1.29 is 18.3 Å². The van der Waals surface area contributed by atoms with E-state index in [4.69, 9.17) is 0 Å². The van der Waals surface area contributed by atoms with Crippen molar-refractivity contribution in [1.82, 2.24) is 9.88 Å². The Morgan fingerprint density at radius 3 is 2.43 bits per heavy atom. The van der Waals surface area contributed by atoms with Gasteiger partial charge in [-0.25, -0.2) is 0 Å². The van der Waals surface area contributed by atoms with Crippen molar-refractivity contribution in [3.05, 3.63) is 52.0 Å². The molecule has 0 radical (unpaired) electrons. The summed E-state index contributed by atoms with van der Waals surface area (Å²) in [6.07, 6.45) is -2.41. The number of hydrogen-bond donors (Lipinski definition) is 1. The van der Waals surface area contributed by atoms with Gasteiger partial charge in [0.25, 0.3) is 0 Å². The van der Waals surface area contributed by atoms with Crippen LogP contribution in [0.4, 0.5) is 13.2 Å². The Hall–Kier alpha value is -1.44. The van der Waals surface area contributed by atoms with Gasteiger partial charge in [0.05, 0.1) is 6.61 Å². The lowest BCUT2D eigenvalue weighted by Gasteiger charge is -2.29. The number of aromatic nitrogens is 1. The highest BCUT2D eigenvalue weighted by atomic mass is 32.1. The molecule has 0 unspecified atom stereocenters. The summed E-state index contributed by atoms with van der Waals surface area (Å²) in [7, 11) is 0. The van der Waals surface area contributed by atoms with Crippen LogP contribution in [-0.2, 0) is 19.3 Å². The molecule has 126 valence electrons. The lowest BCUT2D eigenvalue weighted by atomic mass is 10.1. The van der Waals surface area contributed by atoms with Gasteiger partial charge in [-0.05, 0) is 40.4 Å². The highest BCUT2D eigenvalue weighted by Crippen LogP contribution is 2.27. The van der Waals surface area contributed by atoms with Crippen LogP contribution in [0.1, 0.15) is 30.2 Å². The second kappa shape index (κ2) is 7.90. The van der Waals surface area contributed by atoms with Crippen molar-refractivity contribution in [2.24, 2.45) is 0 Å². The third-order valence-corrected chi connectivity index (χ3v) is 4.40. The number of halogens is 3. The number of thiophene rings is 1. The van der Waals surface area contributed by atoms with Crippen LogP contribution in [0, 0.1) is 0 Å². The quantitative estimate of drug-likeness (QED) is 0.827. The molecule has 1 N–H and O–H groups in total. The number of alkyl halides is 3. The second-order valence-electron chi connectivity index (χ2n) is 5.33. The van der Waals surface area contributed by atoms with Crippen LogP contribution < -0.4 is 0 Å². The Bertz CT molecular complexity index is 580. The minimum Gasteiger partial charge on any atom is -0.395 e. The Morgan fingerprint density at radius 2 is 1.96 bits per heavy atom. The Kier molecular flexibility index (Phi) is 6.15. The second-order valence-corrected chi connectivity index (χ2v) is 6.11. The molecule has 0 bridgehead atoms. The average molecular weight is 344 g/mol. The van der Waals surface area contributed by atoms with E-state index in [0.717, 1.165) is 18.1 Å². The number of rotatable bonds is 7. The summed E-state index contributed by atoms with van der Waals surface area (Å²) in [5.74, 6) is 0. The molecule has 2 aromatic rings. The molecule has 2 aromatic heterocycles. The molecule has 0 aliphatic rings. The number of nitrogens with zero attached hydrogens (tertiary/aromatic N) is 2. The summed E-state index contributed by atoms with van der Waals surface area (Å²) < 4.78 is 37.7. The van der Waals surface area contributed by atoms with Crippen LogP contribution in [0.3, 0.4) is 0 Å². The molecule has 0 saturated carbocycles. The van der Waals surface area contributed by atoms with Gasteiger partial charge in [-0.3, -0.25) is 9.88 Å². The van der Waals surface area contributed by atoms with E-state index in [2.05, 4.69) is 9.88 Å². The van der Waals surface area contributed by atoms with E-state index in [0.29, 0.717) is 18.7 Å². The standard InChI is InChI=1S/C16H19F3N2OS/c1-2-14(10-22)21(9-13-5-6-23-11-13)8-12-3-4-15(20-7-12)16(17,18)19/h3-7,11,14,22H,2,8-10H2,1H3/t14-/m1/s1. The Morgan fingerprint density at radius 1 is 1.22 bits per heavy atom. The van der Waals surface area contributed by atoms with Crippen LogP contribution in [0.5, 0.6) is 0 Å². The summed E-state index contributed by atoms with van der Waals surface area (Å²) in [5, 5.41) is 13.6. The Labute approximate surface area is 137 Å². The van der Waals surface area contributed by atoms with E-state index in [-0.39, 0.29) is 12.6 Å². The molecular formula is C16H19F3N2OS. The Balaban J connectivity index is 2.13. The minimum absolute atomic E-state index is 0.00863. The van der Waals surface area contributed by atoms with E-state index in [9.17, 15) is 18.3 Å². The summed E-state index contributed by atoms with van der Waals surface area (Å²) >= 11 is 1.59. The number of aliphatic hydroxyl groups excluding tert-OH is 1. The van der Waals surface area contributed by atoms with Crippen LogP contribution >= 0.6 is 11.3 Å². The van der Waals surface area contributed by atoms with Gasteiger partial charge in [0.1, 0.15) is 5.69 Å². The fourth-order valence-corrected chi connectivity index (χ4v) is 3.01. The molecule has 3 nitrogen and oxygen atoms in total. The molecule has 7 heteroatoms. The monoisotopic (exact) mass is 344 g/mol. The average Bonchev–Trinajstić information content (AvgIpc) is 3.01. The summed E-state index contributed by atoms with van der Waals surface area (Å²) in [6, 6.07) is 4.41. The topological polar surface area (TPSA) is 36.4 Å². The first-order valence-electron chi connectivity index (χ1n) is 7.32. The SMILES string of the molecule is CC[C@H](CO)N(Cc1ccc(C(F)(F)F)nc1)Cc1ccsc1. The van der Waals surface area contributed by atoms with Crippen molar-refractivity contribution in [2.45, 2.75) is 38.7 Å². The fourth-order valence-electron chi connectivity index (χ4n) is 2.35. The molecular weight excluding hydrogens is 325 g/mol. The van der Waals surface area contributed by atoms with Crippen molar-refractivity contribution in [3.8, 4) is 0 Å². The minimum atomic E-state index is -4.42. The summed E-state index contributed by atoms with van der Waals surface area (Å²) in [6.45, 7) is 3.07. The van der Waals surface area contributed by atoms with Gasteiger partial charge in [0, 0.05) is 25.3 Å². The van der Waals surface area contributed by atoms with E-state index in [1.165, 1.54) is 12.3 Å². The van der Waals surface area contributed by atoms with Gasteiger partial charge < -0.3 is 5.11 Å². The third kappa shape index (κ3) is 5.02. The molecule has 0 aromatic carbocycles. The zero-order valence-corrected chi connectivity index (χ0v) is 13.6. The van der Waals surface area contributed by atoms with Gasteiger partial charge in [-0.1, -0.05) is 13.0 Å². The zero-order chi connectivity index (χ0) is 16.9. The van der Waals surface area contributed by atoms with Gasteiger partial charge in [0.15, 0.2) is 0 Å². The normalized spacial score (nSPS) is 13.5. The molecule has 0 aliphatic carbocycles. The maximum Gasteiger partial charge on any atom is 0.433 e. The highest BCUT2D eigenvalue weighted by molar-refractivity contribution is 7.07. The van der Waals surface area contributed by atoms with Gasteiger partial charge in [-0.2, -0.15) is 24.5 Å².